The quantitative estimate of drug-likeness (QED) is 0.597. The monoisotopic (exact) mass is 257 g/mol. The summed E-state index contributed by atoms with van der Waals surface area (Å²) in [5, 5.41) is 0. The molecule has 0 aliphatic carbocycles. The lowest BCUT2D eigenvalue weighted by Crippen LogP contribution is -2.24. The van der Waals surface area contributed by atoms with Crippen LogP contribution in [0.1, 0.15) is 12.5 Å². The summed E-state index contributed by atoms with van der Waals surface area (Å²) < 4.78 is 4.83. The van der Waals surface area contributed by atoms with Crippen molar-refractivity contribution in [2.75, 3.05) is 26.7 Å². The Morgan fingerprint density at radius 3 is 2.79 bits per heavy atom. The summed E-state index contributed by atoms with van der Waals surface area (Å²) in [6.07, 6.45) is 0. The highest BCUT2D eigenvalue weighted by molar-refractivity contribution is 5.73. The zero-order chi connectivity index (χ0) is 13.7. The van der Waals surface area contributed by atoms with Crippen molar-refractivity contribution in [3.05, 3.63) is 35.9 Å². The van der Waals surface area contributed by atoms with Gasteiger partial charge in [-0.15, -0.1) is 0 Å². The number of hydrogen-bond donors (Lipinski definition) is 0. The number of nitrogens with zero attached hydrogens (tertiary/aromatic N) is 1. The zero-order valence-electron chi connectivity index (χ0n) is 11.4. The van der Waals surface area contributed by atoms with E-state index >= 15 is 0 Å². The minimum Gasteiger partial charge on any atom is -0.469 e. The highest BCUT2D eigenvalue weighted by Crippen LogP contribution is 2.23. The van der Waals surface area contributed by atoms with Gasteiger partial charge in [-0.25, -0.2) is 0 Å². The molecule has 2 unspecified atom stereocenters. The minimum atomic E-state index is -0.106. The molecular formula is C16H19NO2. The van der Waals surface area contributed by atoms with Crippen LogP contribution in [-0.4, -0.2) is 37.6 Å². The Bertz CT molecular complexity index is 486. The van der Waals surface area contributed by atoms with Gasteiger partial charge in [-0.05, 0) is 18.1 Å². The molecule has 1 aliphatic heterocycles. The van der Waals surface area contributed by atoms with Gasteiger partial charge in [0.15, 0.2) is 0 Å². The van der Waals surface area contributed by atoms with E-state index < -0.39 is 0 Å². The van der Waals surface area contributed by atoms with E-state index in [-0.39, 0.29) is 11.9 Å². The highest BCUT2D eigenvalue weighted by atomic mass is 16.5. The first kappa shape index (κ1) is 13.6. The number of ether oxygens (including phenoxy) is 1. The van der Waals surface area contributed by atoms with Gasteiger partial charge in [0, 0.05) is 18.7 Å². The molecule has 1 aromatic rings. The molecule has 0 bridgehead atoms. The molecule has 0 aromatic heterocycles. The standard InChI is InChI=1S/C16H19NO2/c1-13-11-17(12-15(13)16(18)19-2)10-6-9-14-7-4-3-5-8-14/h3-5,7-8,13,15H,10-12H2,1-2H3. The molecule has 2 rings (SSSR count). The molecule has 1 aromatic carbocycles. The van der Waals surface area contributed by atoms with Crippen molar-refractivity contribution in [3.63, 3.8) is 0 Å². The average molecular weight is 257 g/mol. The first-order chi connectivity index (χ1) is 9.20. The fraction of sp³-hybridized carbons (Fsp3) is 0.438. The maximum atomic E-state index is 11.6. The zero-order valence-corrected chi connectivity index (χ0v) is 11.4. The lowest BCUT2D eigenvalue weighted by Gasteiger charge is -2.11. The van der Waals surface area contributed by atoms with Gasteiger partial charge in [0.25, 0.3) is 0 Å². The topological polar surface area (TPSA) is 29.5 Å². The summed E-state index contributed by atoms with van der Waals surface area (Å²) in [5.41, 5.74) is 1.03. The van der Waals surface area contributed by atoms with Crippen molar-refractivity contribution in [1.29, 1.82) is 0 Å². The van der Waals surface area contributed by atoms with Gasteiger partial charge < -0.3 is 4.74 Å². The predicted octanol–water partition coefficient (Wildman–Crippen LogP) is 1.78. The molecule has 0 saturated carbocycles. The first-order valence-electron chi connectivity index (χ1n) is 6.55. The van der Waals surface area contributed by atoms with Crippen molar-refractivity contribution in [2.24, 2.45) is 11.8 Å². The second-order valence-electron chi connectivity index (χ2n) is 4.97. The third-order valence-electron chi connectivity index (χ3n) is 3.50. The molecule has 3 heteroatoms. The molecule has 100 valence electrons. The molecule has 1 fully saturated rings. The van der Waals surface area contributed by atoms with Crippen LogP contribution in [0.3, 0.4) is 0 Å². The van der Waals surface area contributed by atoms with Gasteiger partial charge in [0.05, 0.1) is 19.6 Å². The normalized spacial score (nSPS) is 22.6. The van der Waals surface area contributed by atoms with Crippen LogP contribution in [0.4, 0.5) is 0 Å². The van der Waals surface area contributed by atoms with Crippen LogP contribution in [0.25, 0.3) is 0 Å². The van der Waals surface area contributed by atoms with Gasteiger partial charge in [0.1, 0.15) is 0 Å². The van der Waals surface area contributed by atoms with Crippen molar-refractivity contribution >= 4 is 5.97 Å². The predicted molar refractivity (Wildman–Crippen MR) is 74.4 cm³/mol. The van der Waals surface area contributed by atoms with E-state index in [2.05, 4.69) is 23.7 Å². The molecule has 1 aliphatic rings. The Kier molecular flexibility index (Phi) is 4.59. The molecule has 1 saturated heterocycles. The summed E-state index contributed by atoms with van der Waals surface area (Å²) in [5.74, 6) is 6.52. The maximum Gasteiger partial charge on any atom is 0.310 e. The number of benzene rings is 1. The fourth-order valence-electron chi connectivity index (χ4n) is 2.43. The number of methoxy groups -OCH3 is 1. The van der Waals surface area contributed by atoms with Crippen LogP contribution < -0.4 is 0 Å². The summed E-state index contributed by atoms with van der Waals surface area (Å²) in [6.45, 7) is 4.44. The molecule has 1 heterocycles. The van der Waals surface area contributed by atoms with Crippen molar-refractivity contribution in [2.45, 2.75) is 6.92 Å². The average Bonchev–Trinajstić information content (AvgIpc) is 2.80. The van der Waals surface area contributed by atoms with Crippen LogP contribution in [0, 0.1) is 23.7 Å². The Balaban J connectivity index is 1.89. The van der Waals surface area contributed by atoms with Crippen LogP contribution in [0.15, 0.2) is 30.3 Å². The van der Waals surface area contributed by atoms with Gasteiger partial charge in [-0.2, -0.15) is 0 Å². The van der Waals surface area contributed by atoms with E-state index in [1.807, 2.05) is 30.3 Å². The molecule has 3 nitrogen and oxygen atoms in total. The number of rotatable bonds is 2. The van der Waals surface area contributed by atoms with Gasteiger partial charge in [-0.3, -0.25) is 9.69 Å². The molecular weight excluding hydrogens is 238 g/mol. The molecule has 0 N–H and O–H groups in total. The highest BCUT2D eigenvalue weighted by Gasteiger charge is 2.34. The third kappa shape index (κ3) is 3.59. The third-order valence-corrected chi connectivity index (χ3v) is 3.50. The summed E-state index contributed by atoms with van der Waals surface area (Å²) in [6, 6.07) is 9.94. The smallest absolute Gasteiger partial charge is 0.310 e. The number of hydrogen-bond acceptors (Lipinski definition) is 3. The Morgan fingerprint density at radius 2 is 2.11 bits per heavy atom. The number of carbonyl (C=O) groups excluding carboxylic acids is 1. The Labute approximate surface area is 114 Å². The summed E-state index contributed by atoms with van der Waals surface area (Å²) in [7, 11) is 1.45. The van der Waals surface area contributed by atoms with Crippen LogP contribution in [0.5, 0.6) is 0 Å². The largest absolute Gasteiger partial charge is 0.469 e. The van der Waals surface area contributed by atoms with Crippen LogP contribution in [0.2, 0.25) is 0 Å². The minimum absolute atomic E-state index is 0.0106. The summed E-state index contributed by atoms with van der Waals surface area (Å²) >= 11 is 0. The van der Waals surface area contributed by atoms with Gasteiger partial charge >= 0.3 is 5.97 Å². The van der Waals surface area contributed by atoms with E-state index in [4.69, 9.17) is 4.74 Å². The van der Waals surface area contributed by atoms with E-state index in [0.717, 1.165) is 18.7 Å². The van der Waals surface area contributed by atoms with E-state index in [1.54, 1.807) is 0 Å². The van der Waals surface area contributed by atoms with E-state index in [9.17, 15) is 4.79 Å². The van der Waals surface area contributed by atoms with Crippen molar-refractivity contribution in [1.82, 2.24) is 4.90 Å². The van der Waals surface area contributed by atoms with Crippen LogP contribution in [-0.2, 0) is 9.53 Å². The van der Waals surface area contributed by atoms with Gasteiger partial charge in [0.2, 0.25) is 0 Å². The summed E-state index contributed by atoms with van der Waals surface area (Å²) in [4.78, 5) is 13.8. The van der Waals surface area contributed by atoms with Crippen molar-refractivity contribution < 1.29 is 9.53 Å². The second kappa shape index (κ2) is 6.40. The molecule has 19 heavy (non-hydrogen) atoms. The number of likely N-dealkylation sites (tertiary alicyclic amines) is 1. The maximum absolute atomic E-state index is 11.6. The molecule has 0 radical (unpaired) electrons. The van der Waals surface area contributed by atoms with Crippen LogP contribution >= 0.6 is 0 Å². The Hall–Kier alpha value is -1.79. The van der Waals surface area contributed by atoms with Gasteiger partial charge in [-0.1, -0.05) is 37.0 Å². The first-order valence-corrected chi connectivity index (χ1v) is 6.55. The molecule has 2 atom stereocenters. The molecule has 0 spiro atoms. The van der Waals surface area contributed by atoms with Crippen molar-refractivity contribution in [3.8, 4) is 11.8 Å². The van der Waals surface area contributed by atoms with E-state index in [0.29, 0.717) is 12.5 Å². The number of esters is 1. The Morgan fingerprint density at radius 1 is 1.37 bits per heavy atom. The second-order valence-corrected chi connectivity index (χ2v) is 4.97. The number of carbonyl (C=O) groups is 1. The SMILES string of the molecule is COC(=O)C1CN(CC#Cc2ccccc2)CC1C. The lowest BCUT2D eigenvalue weighted by molar-refractivity contribution is -0.146. The van der Waals surface area contributed by atoms with E-state index in [1.165, 1.54) is 7.11 Å². The lowest BCUT2D eigenvalue weighted by atomic mass is 9.99. The molecule has 0 amide bonds. The fourth-order valence-corrected chi connectivity index (χ4v) is 2.43.